The minimum atomic E-state index is -0.577. The molecule has 8 nitrogen and oxygen atoms in total. The van der Waals surface area contributed by atoms with Crippen LogP contribution in [0.4, 0.5) is 0 Å². The molecule has 0 aliphatic heterocycles. The first-order chi connectivity index (χ1) is 15.6. The Morgan fingerprint density at radius 1 is 1.16 bits per heavy atom. The monoisotopic (exact) mass is 466 g/mol. The zero-order chi connectivity index (χ0) is 22.5. The highest BCUT2D eigenvalue weighted by atomic mass is 35.5. The number of benzene rings is 2. The molecule has 0 unspecified atom stereocenters. The van der Waals surface area contributed by atoms with Crippen LogP contribution < -0.4 is 14.9 Å². The van der Waals surface area contributed by atoms with Crippen LogP contribution in [0.1, 0.15) is 25.7 Å². The molecule has 0 spiro atoms. The zero-order valence-corrected chi connectivity index (χ0v) is 18.2. The van der Waals surface area contributed by atoms with Crippen LogP contribution in [0.2, 0.25) is 5.02 Å². The molecule has 1 amide bonds. The van der Waals surface area contributed by atoms with E-state index in [2.05, 4.69) is 20.5 Å². The third-order valence-electron chi connectivity index (χ3n) is 4.29. The summed E-state index contributed by atoms with van der Waals surface area (Å²) in [6, 6.07) is 12.3. The summed E-state index contributed by atoms with van der Waals surface area (Å²) in [5, 5.41) is 5.05. The number of aromatic nitrogens is 2. The first kappa shape index (κ1) is 21.4. The number of amides is 1. The van der Waals surface area contributed by atoms with E-state index in [0.29, 0.717) is 21.2 Å². The van der Waals surface area contributed by atoms with Crippen LogP contribution in [-0.2, 0) is 0 Å². The van der Waals surface area contributed by atoms with Gasteiger partial charge in [-0.05, 0) is 29.8 Å². The Kier molecular flexibility index (Phi) is 6.39. The first-order valence-corrected chi connectivity index (χ1v) is 10.4. The molecule has 1 N–H and O–H groups in total. The summed E-state index contributed by atoms with van der Waals surface area (Å²) in [5.74, 6) is -0.522. The molecule has 0 saturated carbocycles. The predicted molar refractivity (Wildman–Crippen MR) is 122 cm³/mol. The molecule has 0 atom stereocenters. The number of methoxy groups -OCH3 is 1. The van der Waals surface area contributed by atoms with E-state index in [9.17, 15) is 9.59 Å². The van der Waals surface area contributed by atoms with Crippen molar-refractivity contribution in [3.05, 3.63) is 82.2 Å². The van der Waals surface area contributed by atoms with Gasteiger partial charge in [-0.3, -0.25) is 9.78 Å². The molecule has 2 heterocycles. The molecular weight excluding hydrogens is 452 g/mol. The molecule has 0 bridgehead atoms. The van der Waals surface area contributed by atoms with Gasteiger partial charge >= 0.3 is 5.97 Å². The van der Waals surface area contributed by atoms with Crippen molar-refractivity contribution in [3.8, 4) is 11.5 Å². The molecule has 32 heavy (non-hydrogen) atoms. The zero-order valence-electron chi connectivity index (χ0n) is 16.6. The Morgan fingerprint density at radius 3 is 2.75 bits per heavy atom. The standard InChI is InChI=1S/C22H15ClN4O4S/c1-30-17-10-13(11-26-27-21(28)15-12-24-8-9-25-15)6-7-16(17)31-22(29)20-19(23)14-4-2-3-5-18(14)32-20/h2-12H,1H3,(H,27,28). The summed E-state index contributed by atoms with van der Waals surface area (Å²) in [7, 11) is 1.45. The van der Waals surface area contributed by atoms with E-state index >= 15 is 0 Å². The molecule has 160 valence electrons. The van der Waals surface area contributed by atoms with Gasteiger partial charge in [0.2, 0.25) is 0 Å². The van der Waals surface area contributed by atoms with E-state index in [-0.39, 0.29) is 11.4 Å². The maximum Gasteiger partial charge on any atom is 0.355 e. The SMILES string of the molecule is COc1cc(C=NNC(=O)c2cnccn2)ccc1OC(=O)c1sc2ccccc2c1Cl. The number of hydrogen-bond donors (Lipinski definition) is 1. The smallest absolute Gasteiger partial charge is 0.355 e. The second kappa shape index (κ2) is 9.54. The van der Waals surface area contributed by atoms with Crippen LogP contribution in [0, 0.1) is 0 Å². The van der Waals surface area contributed by atoms with Crippen molar-refractivity contribution in [3.63, 3.8) is 0 Å². The number of ether oxygens (including phenoxy) is 2. The molecule has 4 aromatic rings. The van der Waals surface area contributed by atoms with Crippen LogP contribution in [0.5, 0.6) is 11.5 Å². The van der Waals surface area contributed by atoms with E-state index in [1.165, 1.54) is 43.3 Å². The third kappa shape index (κ3) is 4.58. The fourth-order valence-electron chi connectivity index (χ4n) is 2.78. The number of thiophene rings is 1. The number of nitrogens with zero attached hydrogens (tertiary/aromatic N) is 3. The Labute approximate surface area is 191 Å². The van der Waals surface area contributed by atoms with Crippen molar-refractivity contribution in [2.45, 2.75) is 0 Å². The van der Waals surface area contributed by atoms with Crippen molar-refractivity contribution >= 4 is 51.1 Å². The number of esters is 1. The summed E-state index contributed by atoms with van der Waals surface area (Å²) in [4.78, 5) is 32.7. The van der Waals surface area contributed by atoms with Gasteiger partial charge in [0.25, 0.3) is 5.91 Å². The summed E-state index contributed by atoms with van der Waals surface area (Å²) in [6.07, 6.45) is 5.63. The summed E-state index contributed by atoms with van der Waals surface area (Å²) in [6.45, 7) is 0. The number of halogens is 1. The molecule has 2 aromatic heterocycles. The number of hydrazone groups is 1. The number of carbonyl (C=O) groups excluding carboxylic acids is 2. The molecule has 0 fully saturated rings. The minimum Gasteiger partial charge on any atom is -0.493 e. The van der Waals surface area contributed by atoms with Crippen LogP contribution in [0.25, 0.3) is 10.1 Å². The Morgan fingerprint density at radius 2 is 2.00 bits per heavy atom. The van der Waals surface area contributed by atoms with Crippen molar-refractivity contribution in [2.24, 2.45) is 5.10 Å². The summed E-state index contributed by atoms with van der Waals surface area (Å²) < 4.78 is 11.8. The third-order valence-corrected chi connectivity index (χ3v) is 5.94. The lowest BCUT2D eigenvalue weighted by Gasteiger charge is -2.09. The van der Waals surface area contributed by atoms with Gasteiger partial charge in [0.15, 0.2) is 11.5 Å². The second-order valence-electron chi connectivity index (χ2n) is 6.33. The molecule has 0 radical (unpaired) electrons. The quantitative estimate of drug-likeness (QED) is 0.196. The number of fused-ring (bicyclic) bond motifs is 1. The Hall–Kier alpha value is -3.82. The van der Waals surface area contributed by atoms with Gasteiger partial charge in [-0.2, -0.15) is 5.10 Å². The maximum absolute atomic E-state index is 12.7. The highest BCUT2D eigenvalue weighted by Gasteiger charge is 2.20. The average Bonchev–Trinajstić information content (AvgIpc) is 3.17. The molecule has 2 aromatic carbocycles. The van der Waals surface area contributed by atoms with Gasteiger partial charge in [-0.1, -0.05) is 29.8 Å². The van der Waals surface area contributed by atoms with Gasteiger partial charge in [0.1, 0.15) is 10.6 Å². The molecule has 0 saturated heterocycles. The number of rotatable bonds is 6. The van der Waals surface area contributed by atoms with Crippen LogP contribution in [0.15, 0.2) is 66.2 Å². The first-order valence-electron chi connectivity index (χ1n) is 9.23. The number of nitrogens with one attached hydrogen (secondary N) is 1. The van der Waals surface area contributed by atoms with E-state index in [0.717, 1.165) is 10.1 Å². The molecule has 0 aliphatic rings. The normalized spacial score (nSPS) is 10.9. The fraction of sp³-hybridized carbons (Fsp3) is 0.0455. The van der Waals surface area contributed by atoms with Crippen molar-refractivity contribution in [2.75, 3.05) is 7.11 Å². The highest BCUT2D eigenvalue weighted by molar-refractivity contribution is 7.21. The van der Waals surface area contributed by atoms with Crippen molar-refractivity contribution in [1.29, 1.82) is 0 Å². The highest BCUT2D eigenvalue weighted by Crippen LogP contribution is 2.36. The average molecular weight is 467 g/mol. The Balaban J connectivity index is 1.47. The topological polar surface area (TPSA) is 103 Å². The molecular formula is C22H15ClN4O4S. The van der Waals surface area contributed by atoms with Gasteiger partial charge in [-0.25, -0.2) is 15.2 Å². The Bertz CT molecular complexity index is 1320. The molecule has 10 heteroatoms. The van der Waals surface area contributed by atoms with E-state index < -0.39 is 11.9 Å². The van der Waals surface area contributed by atoms with Crippen LogP contribution >= 0.6 is 22.9 Å². The van der Waals surface area contributed by atoms with Crippen molar-refractivity contribution < 1.29 is 19.1 Å². The molecule has 0 aliphatic carbocycles. The van der Waals surface area contributed by atoms with Crippen molar-refractivity contribution in [1.82, 2.24) is 15.4 Å². The number of hydrogen-bond acceptors (Lipinski definition) is 8. The maximum atomic E-state index is 12.7. The fourth-order valence-corrected chi connectivity index (χ4v) is 4.16. The second-order valence-corrected chi connectivity index (χ2v) is 7.76. The van der Waals surface area contributed by atoms with Gasteiger partial charge in [0.05, 0.1) is 24.5 Å². The summed E-state index contributed by atoms with van der Waals surface area (Å²) >= 11 is 7.62. The van der Waals surface area contributed by atoms with E-state index in [1.807, 2.05) is 24.3 Å². The van der Waals surface area contributed by atoms with Gasteiger partial charge < -0.3 is 9.47 Å². The van der Waals surface area contributed by atoms with E-state index in [1.54, 1.807) is 18.2 Å². The van der Waals surface area contributed by atoms with Gasteiger partial charge in [-0.15, -0.1) is 11.3 Å². The lowest BCUT2D eigenvalue weighted by atomic mass is 10.2. The lowest BCUT2D eigenvalue weighted by molar-refractivity contribution is 0.0734. The lowest BCUT2D eigenvalue weighted by Crippen LogP contribution is -2.19. The number of carbonyl (C=O) groups is 2. The molecule has 4 rings (SSSR count). The van der Waals surface area contributed by atoms with Crippen LogP contribution in [-0.4, -0.2) is 35.2 Å². The predicted octanol–water partition coefficient (Wildman–Crippen LogP) is 4.34. The van der Waals surface area contributed by atoms with Crippen LogP contribution in [0.3, 0.4) is 0 Å². The van der Waals surface area contributed by atoms with E-state index in [4.69, 9.17) is 21.1 Å². The van der Waals surface area contributed by atoms with Gasteiger partial charge in [0, 0.05) is 22.5 Å². The summed E-state index contributed by atoms with van der Waals surface area (Å²) in [5.41, 5.74) is 3.12. The largest absolute Gasteiger partial charge is 0.493 e. The minimum absolute atomic E-state index is 0.143.